The van der Waals surface area contributed by atoms with Crippen molar-refractivity contribution in [1.29, 1.82) is 0 Å². The molecule has 0 amide bonds. The van der Waals surface area contributed by atoms with Gasteiger partial charge >= 0.3 is 0 Å². The van der Waals surface area contributed by atoms with Gasteiger partial charge in [-0.3, -0.25) is 14.6 Å². The first-order valence-electron chi connectivity index (χ1n) is 8.71. The van der Waals surface area contributed by atoms with E-state index < -0.39 is 0 Å². The molecule has 1 unspecified atom stereocenters. The largest absolute Gasteiger partial charge is 0.356 e. The van der Waals surface area contributed by atoms with Gasteiger partial charge in [-0.1, -0.05) is 13.8 Å². The molecule has 24 heavy (non-hydrogen) atoms. The molecule has 0 saturated heterocycles. The molecule has 0 aliphatic rings. The molecular weight excluding hydrogens is 415 g/mol. The maximum Gasteiger partial charge on any atom is 0.191 e. The molecule has 1 rings (SSSR count). The summed E-state index contributed by atoms with van der Waals surface area (Å²) in [6.45, 7) is 15.7. The van der Waals surface area contributed by atoms with Crippen LogP contribution in [-0.4, -0.2) is 59.9 Å². The molecule has 0 fully saturated rings. The van der Waals surface area contributed by atoms with Crippen molar-refractivity contribution in [3.8, 4) is 0 Å². The summed E-state index contributed by atoms with van der Waals surface area (Å²) in [5, 5.41) is 11.3. The van der Waals surface area contributed by atoms with Crippen LogP contribution in [0.2, 0.25) is 0 Å². The van der Waals surface area contributed by atoms with E-state index in [1.54, 1.807) is 0 Å². The molecule has 0 radical (unpaired) electrons. The minimum absolute atomic E-state index is 0. The summed E-state index contributed by atoms with van der Waals surface area (Å²) >= 11 is 0. The Kier molecular flexibility index (Phi) is 12.1. The molecule has 1 heterocycles. The van der Waals surface area contributed by atoms with Crippen molar-refractivity contribution >= 4 is 29.9 Å². The zero-order valence-electron chi connectivity index (χ0n) is 16.1. The Morgan fingerprint density at radius 1 is 1.29 bits per heavy atom. The number of halogens is 1. The molecule has 0 aromatic carbocycles. The molecule has 140 valence electrons. The van der Waals surface area contributed by atoms with Crippen LogP contribution in [0.5, 0.6) is 0 Å². The van der Waals surface area contributed by atoms with Crippen LogP contribution < -0.4 is 10.6 Å². The molecule has 0 aliphatic carbocycles. The normalized spacial score (nSPS) is 12.9. The Balaban J connectivity index is 0.00000529. The molecule has 6 nitrogen and oxygen atoms in total. The van der Waals surface area contributed by atoms with E-state index in [1.807, 2.05) is 14.0 Å². The second-order valence-corrected chi connectivity index (χ2v) is 5.95. The molecule has 7 heteroatoms. The van der Waals surface area contributed by atoms with Crippen molar-refractivity contribution in [2.24, 2.45) is 4.99 Å². The molecular formula is C17H35IN6. The Hall–Kier alpha value is -0.830. The van der Waals surface area contributed by atoms with E-state index in [0.29, 0.717) is 6.04 Å². The van der Waals surface area contributed by atoms with E-state index in [0.717, 1.165) is 50.8 Å². The van der Waals surface area contributed by atoms with Gasteiger partial charge in [0.25, 0.3) is 0 Å². The first-order valence-corrected chi connectivity index (χ1v) is 8.71. The summed E-state index contributed by atoms with van der Waals surface area (Å²) in [5.74, 6) is 0.873. The number of hydrogen-bond donors (Lipinski definition) is 2. The number of nitrogens with zero attached hydrogens (tertiary/aromatic N) is 4. The van der Waals surface area contributed by atoms with Crippen LogP contribution >= 0.6 is 24.0 Å². The summed E-state index contributed by atoms with van der Waals surface area (Å²) < 4.78 is 2.07. The Morgan fingerprint density at radius 2 is 1.96 bits per heavy atom. The van der Waals surface area contributed by atoms with Crippen LogP contribution in [0.1, 0.15) is 38.6 Å². The first kappa shape index (κ1) is 23.2. The second-order valence-electron chi connectivity index (χ2n) is 5.95. The van der Waals surface area contributed by atoms with Crippen molar-refractivity contribution < 1.29 is 0 Å². The fourth-order valence-corrected chi connectivity index (χ4v) is 2.78. The van der Waals surface area contributed by atoms with Gasteiger partial charge in [0, 0.05) is 38.4 Å². The maximum atomic E-state index is 4.48. The lowest BCUT2D eigenvalue weighted by Gasteiger charge is -2.27. The fraction of sp³-hybridized carbons (Fsp3) is 0.765. The third kappa shape index (κ3) is 7.83. The lowest BCUT2D eigenvalue weighted by Crippen LogP contribution is -2.46. The van der Waals surface area contributed by atoms with Gasteiger partial charge in [0.05, 0.1) is 5.69 Å². The predicted octanol–water partition coefficient (Wildman–Crippen LogP) is 2.40. The quantitative estimate of drug-likeness (QED) is 0.263. The first-order chi connectivity index (χ1) is 11.0. The molecule has 0 aliphatic heterocycles. The number of nitrogens with one attached hydrogen (secondary N) is 2. The minimum atomic E-state index is 0. The van der Waals surface area contributed by atoms with E-state index in [4.69, 9.17) is 0 Å². The van der Waals surface area contributed by atoms with Gasteiger partial charge in [0.2, 0.25) is 0 Å². The Labute approximate surface area is 164 Å². The average molecular weight is 450 g/mol. The van der Waals surface area contributed by atoms with E-state index in [1.165, 1.54) is 5.69 Å². The third-order valence-electron chi connectivity index (χ3n) is 4.17. The number of rotatable bonds is 9. The minimum Gasteiger partial charge on any atom is -0.356 e. The van der Waals surface area contributed by atoms with Gasteiger partial charge in [0.1, 0.15) is 0 Å². The van der Waals surface area contributed by atoms with Gasteiger partial charge < -0.3 is 10.6 Å². The predicted molar refractivity (Wildman–Crippen MR) is 113 cm³/mol. The van der Waals surface area contributed by atoms with Crippen molar-refractivity contribution in [1.82, 2.24) is 25.3 Å². The van der Waals surface area contributed by atoms with Gasteiger partial charge in [-0.15, -0.1) is 24.0 Å². The smallest absolute Gasteiger partial charge is 0.191 e. The lowest BCUT2D eigenvalue weighted by molar-refractivity contribution is 0.231. The van der Waals surface area contributed by atoms with Gasteiger partial charge in [-0.25, -0.2) is 0 Å². The van der Waals surface area contributed by atoms with Crippen LogP contribution in [0.3, 0.4) is 0 Å². The lowest BCUT2D eigenvalue weighted by atomic mass is 10.3. The van der Waals surface area contributed by atoms with Crippen LogP contribution in [0.25, 0.3) is 0 Å². The van der Waals surface area contributed by atoms with Crippen LogP contribution in [0.4, 0.5) is 0 Å². The number of likely N-dealkylation sites (N-methyl/N-ethyl adjacent to an activating group) is 1. The van der Waals surface area contributed by atoms with Crippen molar-refractivity contribution in [2.45, 2.75) is 53.6 Å². The highest BCUT2D eigenvalue weighted by molar-refractivity contribution is 14.0. The summed E-state index contributed by atoms with van der Waals surface area (Å²) in [6, 6.07) is 2.61. The second kappa shape index (κ2) is 12.5. The van der Waals surface area contributed by atoms with Crippen molar-refractivity contribution in [3.05, 3.63) is 17.5 Å². The van der Waals surface area contributed by atoms with Gasteiger partial charge in [-0.2, -0.15) is 5.10 Å². The number of aryl methyl sites for hydroxylation is 3. The summed E-state index contributed by atoms with van der Waals surface area (Å²) in [4.78, 5) is 6.72. The molecule has 0 saturated carbocycles. The summed E-state index contributed by atoms with van der Waals surface area (Å²) in [5.41, 5.74) is 2.30. The zero-order valence-corrected chi connectivity index (χ0v) is 18.4. The Morgan fingerprint density at radius 3 is 2.46 bits per heavy atom. The molecule has 0 spiro atoms. The van der Waals surface area contributed by atoms with E-state index in [9.17, 15) is 0 Å². The van der Waals surface area contributed by atoms with Crippen molar-refractivity contribution in [3.63, 3.8) is 0 Å². The molecule has 0 bridgehead atoms. The van der Waals surface area contributed by atoms with E-state index in [2.05, 4.69) is 64.1 Å². The molecule has 1 aromatic heterocycles. The van der Waals surface area contributed by atoms with Crippen molar-refractivity contribution in [2.75, 3.05) is 33.2 Å². The molecule has 1 atom stereocenters. The zero-order chi connectivity index (χ0) is 17.2. The van der Waals surface area contributed by atoms with Crippen LogP contribution in [0.15, 0.2) is 11.1 Å². The number of aliphatic imine (C=N–C) groups is 1. The number of guanidine groups is 1. The molecule has 1 aromatic rings. The fourth-order valence-electron chi connectivity index (χ4n) is 2.78. The standard InChI is InChI=1S/C17H34N6.HI/c1-7-22(8-2)16(5)13-20-17(18-6)19-10-9-11-23-15(4)12-14(3)21-23;/h12,16H,7-11,13H2,1-6H3,(H2,18,19,20);1H. The van der Waals surface area contributed by atoms with Crippen LogP contribution in [-0.2, 0) is 6.54 Å². The SMILES string of the molecule is CCN(CC)C(C)CNC(=NC)NCCCn1nc(C)cc1C.I. The maximum absolute atomic E-state index is 4.48. The summed E-state index contributed by atoms with van der Waals surface area (Å²) in [6.07, 6.45) is 1.02. The highest BCUT2D eigenvalue weighted by atomic mass is 127. The Bertz CT molecular complexity index is 481. The highest BCUT2D eigenvalue weighted by Gasteiger charge is 2.10. The monoisotopic (exact) mass is 450 g/mol. The van der Waals surface area contributed by atoms with Crippen LogP contribution in [0, 0.1) is 13.8 Å². The highest BCUT2D eigenvalue weighted by Crippen LogP contribution is 2.02. The van der Waals surface area contributed by atoms with Gasteiger partial charge in [-0.05, 0) is 46.3 Å². The van der Waals surface area contributed by atoms with E-state index >= 15 is 0 Å². The van der Waals surface area contributed by atoms with E-state index in [-0.39, 0.29) is 24.0 Å². The number of aromatic nitrogens is 2. The topological polar surface area (TPSA) is 57.5 Å². The average Bonchev–Trinajstić information content (AvgIpc) is 2.85. The summed E-state index contributed by atoms with van der Waals surface area (Å²) in [7, 11) is 1.82. The number of hydrogen-bond acceptors (Lipinski definition) is 3. The van der Waals surface area contributed by atoms with Gasteiger partial charge in [0.15, 0.2) is 5.96 Å². The molecule has 2 N–H and O–H groups in total. The third-order valence-corrected chi connectivity index (χ3v) is 4.17.